The van der Waals surface area contributed by atoms with Gasteiger partial charge in [0.15, 0.2) is 0 Å². The molecule has 4 rings (SSSR count). The van der Waals surface area contributed by atoms with E-state index in [1.54, 1.807) is 7.11 Å². The highest BCUT2D eigenvalue weighted by atomic mass is 16.5. The Morgan fingerprint density at radius 3 is 2.67 bits per heavy atom. The van der Waals surface area contributed by atoms with Gasteiger partial charge in [-0.05, 0) is 35.6 Å². The van der Waals surface area contributed by atoms with Crippen molar-refractivity contribution in [3.8, 4) is 5.75 Å². The molecule has 0 bridgehead atoms. The molecule has 2 unspecified atom stereocenters. The third kappa shape index (κ3) is 5.15. The summed E-state index contributed by atoms with van der Waals surface area (Å²) in [6.07, 6.45) is 1.17. The highest BCUT2D eigenvalue weighted by molar-refractivity contribution is 5.60. The minimum absolute atomic E-state index is 0.541. The van der Waals surface area contributed by atoms with E-state index in [1.165, 1.54) is 23.2 Å². The average Bonchev–Trinajstić information content (AvgIpc) is 2.81. The largest absolute Gasteiger partial charge is 0.495 e. The lowest BCUT2D eigenvalue weighted by Gasteiger charge is -2.38. The van der Waals surface area contributed by atoms with Gasteiger partial charge in [-0.3, -0.25) is 4.90 Å². The Bertz CT molecular complexity index is 792. The van der Waals surface area contributed by atoms with E-state index in [4.69, 9.17) is 9.47 Å². The Balaban J connectivity index is 1.44. The van der Waals surface area contributed by atoms with Crippen molar-refractivity contribution in [2.75, 3.05) is 57.9 Å². The lowest BCUT2D eigenvalue weighted by Crippen LogP contribution is -2.51. The van der Waals surface area contributed by atoms with E-state index in [2.05, 4.69) is 70.6 Å². The van der Waals surface area contributed by atoms with Gasteiger partial charge in [0.25, 0.3) is 0 Å². The van der Waals surface area contributed by atoms with Crippen LogP contribution in [0.25, 0.3) is 0 Å². The molecule has 0 aromatic heterocycles. The van der Waals surface area contributed by atoms with E-state index in [9.17, 15) is 0 Å². The van der Waals surface area contributed by atoms with E-state index in [1.807, 2.05) is 0 Å². The fourth-order valence-electron chi connectivity index (χ4n) is 4.69. The van der Waals surface area contributed by atoms with Crippen LogP contribution in [0.15, 0.2) is 48.5 Å². The lowest BCUT2D eigenvalue weighted by atomic mass is 9.92. The molecule has 30 heavy (non-hydrogen) atoms. The maximum absolute atomic E-state index is 5.76. The predicted octanol–water partition coefficient (Wildman–Crippen LogP) is 3.50. The van der Waals surface area contributed by atoms with Crippen molar-refractivity contribution >= 4 is 5.69 Å². The number of benzene rings is 2. The van der Waals surface area contributed by atoms with Gasteiger partial charge >= 0.3 is 0 Å². The molecule has 0 radical (unpaired) electrons. The van der Waals surface area contributed by atoms with E-state index in [0.29, 0.717) is 12.0 Å². The molecule has 2 heterocycles. The van der Waals surface area contributed by atoms with Gasteiger partial charge < -0.3 is 19.7 Å². The summed E-state index contributed by atoms with van der Waals surface area (Å²) in [6, 6.07) is 18.1. The van der Waals surface area contributed by atoms with Crippen molar-refractivity contribution in [2.45, 2.75) is 31.8 Å². The molecule has 0 aliphatic carbocycles. The van der Waals surface area contributed by atoms with E-state index >= 15 is 0 Å². The SMILES string of the molecule is COc1cc(CN2CCNCC2CC(C)c2ccccc2)ccc1N1CCOCC1. The van der Waals surface area contributed by atoms with Crippen LogP contribution in [0.3, 0.4) is 0 Å². The standard InChI is InChI=1S/C25H35N3O2/c1-20(22-6-4-3-5-7-22)16-23-18-26-10-11-28(23)19-21-8-9-24(25(17-21)29-2)27-12-14-30-15-13-27/h3-9,17,20,23,26H,10-16,18-19H2,1-2H3. The fraction of sp³-hybridized carbons (Fsp3) is 0.520. The third-order valence-corrected chi connectivity index (χ3v) is 6.45. The maximum Gasteiger partial charge on any atom is 0.142 e. The average molecular weight is 410 g/mol. The van der Waals surface area contributed by atoms with Crippen LogP contribution in [0.1, 0.15) is 30.4 Å². The summed E-state index contributed by atoms with van der Waals surface area (Å²) < 4.78 is 11.3. The molecule has 162 valence electrons. The van der Waals surface area contributed by atoms with Crippen LogP contribution in [0.5, 0.6) is 5.75 Å². The summed E-state index contributed by atoms with van der Waals surface area (Å²) in [6.45, 7) is 9.93. The topological polar surface area (TPSA) is 37.0 Å². The van der Waals surface area contributed by atoms with Crippen LogP contribution < -0.4 is 15.0 Å². The zero-order chi connectivity index (χ0) is 20.8. The number of nitrogens with zero attached hydrogens (tertiary/aromatic N) is 2. The molecular formula is C25H35N3O2. The van der Waals surface area contributed by atoms with E-state index < -0.39 is 0 Å². The quantitative estimate of drug-likeness (QED) is 0.758. The van der Waals surface area contributed by atoms with Crippen molar-refractivity contribution < 1.29 is 9.47 Å². The normalized spacial score (nSPS) is 21.4. The molecule has 5 heteroatoms. The first-order valence-corrected chi connectivity index (χ1v) is 11.2. The third-order valence-electron chi connectivity index (χ3n) is 6.45. The lowest BCUT2D eigenvalue weighted by molar-refractivity contribution is 0.122. The van der Waals surface area contributed by atoms with Gasteiger partial charge in [-0.15, -0.1) is 0 Å². The number of nitrogens with one attached hydrogen (secondary N) is 1. The number of hydrogen-bond acceptors (Lipinski definition) is 5. The van der Waals surface area contributed by atoms with Gasteiger partial charge in [0.05, 0.1) is 26.0 Å². The van der Waals surface area contributed by atoms with Gasteiger partial charge in [0, 0.05) is 45.3 Å². The number of anilines is 1. The predicted molar refractivity (Wildman–Crippen MR) is 123 cm³/mol. The zero-order valence-corrected chi connectivity index (χ0v) is 18.3. The summed E-state index contributed by atoms with van der Waals surface area (Å²) in [5.41, 5.74) is 3.93. The van der Waals surface area contributed by atoms with Crippen LogP contribution in [0, 0.1) is 0 Å². The second-order valence-electron chi connectivity index (χ2n) is 8.48. The molecule has 2 aromatic rings. The van der Waals surface area contributed by atoms with Crippen molar-refractivity contribution in [3.63, 3.8) is 0 Å². The Morgan fingerprint density at radius 1 is 1.10 bits per heavy atom. The number of rotatable bonds is 7. The first-order chi connectivity index (χ1) is 14.7. The Morgan fingerprint density at radius 2 is 1.90 bits per heavy atom. The summed E-state index contributed by atoms with van der Waals surface area (Å²) in [4.78, 5) is 5.00. The van der Waals surface area contributed by atoms with E-state index in [-0.39, 0.29) is 0 Å². The molecule has 0 spiro atoms. The highest BCUT2D eigenvalue weighted by Gasteiger charge is 2.25. The Kier molecular flexibility index (Phi) is 7.26. The summed E-state index contributed by atoms with van der Waals surface area (Å²) in [5.74, 6) is 1.52. The summed E-state index contributed by atoms with van der Waals surface area (Å²) in [7, 11) is 1.78. The van der Waals surface area contributed by atoms with Gasteiger partial charge in [0.1, 0.15) is 5.75 Å². The Labute approximate surface area is 181 Å². The highest BCUT2D eigenvalue weighted by Crippen LogP contribution is 2.31. The molecule has 5 nitrogen and oxygen atoms in total. The molecule has 0 saturated carbocycles. The smallest absolute Gasteiger partial charge is 0.142 e. The minimum Gasteiger partial charge on any atom is -0.495 e. The summed E-state index contributed by atoms with van der Waals surface area (Å²) >= 11 is 0. The van der Waals surface area contributed by atoms with Gasteiger partial charge in [0.2, 0.25) is 0 Å². The van der Waals surface area contributed by atoms with Crippen molar-refractivity contribution in [2.24, 2.45) is 0 Å². The van der Waals surface area contributed by atoms with E-state index in [0.717, 1.165) is 58.2 Å². The first-order valence-electron chi connectivity index (χ1n) is 11.2. The molecule has 0 amide bonds. The van der Waals surface area contributed by atoms with Crippen molar-refractivity contribution in [3.05, 3.63) is 59.7 Å². The molecule has 2 atom stereocenters. The molecular weight excluding hydrogens is 374 g/mol. The summed E-state index contributed by atoms with van der Waals surface area (Å²) in [5, 5.41) is 3.60. The molecule has 2 saturated heterocycles. The van der Waals surface area contributed by atoms with Crippen molar-refractivity contribution in [1.29, 1.82) is 0 Å². The maximum atomic E-state index is 5.76. The van der Waals surface area contributed by atoms with Crippen LogP contribution in [-0.2, 0) is 11.3 Å². The Hall–Kier alpha value is -2.08. The molecule has 2 fully saturated rings. The first kappa shape index (κ1) is 21.2. The number of morpholine rings is 1. The second kappa shape index (κ2) is 10.3. The number of methoxy groups -OCH3 is 1. The molecule has 1 N–H and O–H groups in total. The van der Waals surface area contributed by atoms with Crippen LogP contribution in [0.2, 0.25) is 0 Å². The number of hydrogen-bond donors (Lipinski definition) is 1. The number of piperazine rings is 1. The zero-order valence-electron chi connectivity index (χ0n) is 18.3. The molecule has 2 aromatic carbocycles. The molecule has 2 aliphatic rings. The number of ether oxygens (including phenoxy) is 2. The monoisotopic (exact) mass is 409 g/mol. The van der Waals surface area contributed by atoms with Crippen LogP contribution in [-0.4, -0.2) is 64.0 Å². The second-order valence-corrected chi connectivity index (χ2v) is 8.48. The minimum atomic E-state index is 0.541. The van der Waals surface area contributed by atoms with Gasteiger partial charge in [-0.25, -0.2) is 0 Å². The van der Waals surface area contributed by atoms with Gasteiger partial charge in [-0.1, -0.05) is 43.3 Å². The van der Waals surface area contributed by atoms with Crippen LogP contribution >= 0.6 is 0 Å². The van der Waals surface area contributed by atoms with Gasteiger partial charge in [-0.2, -0.15) is 0 Å². The molecule has 2 aliphatic heterocycles. The van der Waals surface area contributed by atoms with Crippen LogP contribution in [0.4, 0.5) is 5.69 Å². The van der Waals surface area contributed by atoms with Crippen molar-refractivity contribution in [1.82, 2.24) is 10.2 Å². The fourth-order valence-corrected chi connectivity index (χ4v) is 4.69.